The van der Waals surface area contributed by atoms with Gasteiger partial charge in [-0.25, -0.2) is 4.79 Å². The minimum atomic E-state index is -0.510. The highest BCUT2D eigenvalue weighted by Gasteiger charge is 2.22. The molecule has 1 aromatic rings. The van der Waals surface area contributed by atoms with Crippen LogP contribution in [-0.2, 0) is 11.2 Å². The predicted molar refractivity (Wildman–Crippen MR) is 85.9 cm³/mol. The molecule has 2 atom stereocenters. The Hall–Kier alpha value is -1.55. The van der Waals surface area contributed by atoms with Crippen LogP contribution in [0.3, 0.4) is 0 Å². The van der Waals surface area contributed by atoms with E-state index in [1.807, 2.05) is 39.0 Å². The van der Waals surface area contributed by atoms with Gasteiger partial charge in [0.05, 0.1) is 6.17 Å². The summed E-state index contributed by atoms with van der Waals surface area (Å²) < 4.78 is 5.26. The Morgan fingerprint density at radius 1 is 1.29 bits per heavy atom. The molecule has 1 rings (SSSR count). The maximum absolute atomic E-state index is 11.8. The second kappa shape index (κ2) is 8.03. The molecule has 0 aromatic heterocycles. The number of hydrogen-bond acceptors (Lipinski definition) is 3. The second-order valence-electron chi connectivity index (χ2n) is 6.41. The number of carbonyl (C=O) groups is 1. The summed E-state index contributed by atoms with van der Waals surface area (Å²) in [4.78, 5) is 11.8. The number of ether oxygens (including phenoxy) is 1. The lowest BCUT2D eigenvalue weighted by molar-refractivity contribution is 0.0485. The van der Waals surface area contributed by atoms with Crippen LogP contribution in [0.1, 0.15) is 46.1 Å². The zero-order chi connectivity index (χ0) is 15.9. The van der Waals surface area contributed by atoms with Crippen molar-refractivity contribution < 1.29 is 9.53 Å². The Bertz CT molecular complexity index is 426. The van der Waals surface area contributed by atoms with Crippen molar-refractivity contribution in [3.63, 3.8) is 0 Å². The zero-order valence-corrected chi connectivity index (χ0v) is 13.6. The number of amides is 1. The molecule has 1 amide bonds. The van der Waals surface area contributed by atoms with Crippen molar-refractivity contribution in [1.82, 2.24) is 5.32 Å². The molecule has 4 nitrogen and oxygen atoms in total. The van der Waals surface area contributed by atoms with E-state index in [1.54, 1.807) is 0 Å². The number of benzene rings is 1. The third-order valence-electron chi connectivity index (χ3n) is 3.19. The van der Waals surface area contributed by atoms with Crippen LogP contribution in [0.4, 0.5) is 4.79 Å². The van der Waals surface area contributed by atoms with E-state index in [1.165, 1.54) is 5.56 Å². The molecule has 0 saturated heterocycles. The summed E-state index contributed by atoms with van der Waals surface area (Å²) in [5.74, 6) is 0.199. The van der Waals surface area contributed by atoms with E-state index in [9.17, 15) is 4.79 Å². The average Bonchev–Trinajstić information content (AvgIpc) is 2.37. The Labute approximate surface area is 128 Å². The van der Waals surface area contributed by atoms with Crippen molar-refractivity contribution in [2.45, 2.75) is 58.7 Å². The maximum atomic E-state index is 11.8. The van der Waals surface area contributed by atoms with Gasteiger partial charge in [-0.1, -0.05) is 43.7 Å². The molecule has 0 radical (unpaired) electrons. The first kappa shape index (κ1) is 17.5. The highest BCUT2D eigenvalue weighted by Crippen LogP contribution is 2.16. The van der Waals surface area contributed by atoms with E-state index in [4.69, 9.17) is 10.5 Å². The van der Waals surface area contributed by atoms with Gasteiger partial charge in [0.1, 0.15) is 5.60 Å². The van der Waals surface area contributed by atoms with Crippen LogP contribution in [0.15, 0.2) is 30.3 Å². The molecule has 21 heavy (non-hydrogen) atoms. The fraction of sp³-hybridized carbons (Fsp3) is 0.588. The summed E-state index contributed by atoms with van der Waals surface area (Å²) in [6.45, 7) is 7.64. The summed E-state index contributed by atoms with van der Waals surface area (Å²) in [6.07, 6.45) is 1.99. The van der Waals surface area contributed by atoms with Gasteiger partial charge in [-0.05, 0) is 45.1 Å². The highest BCUT2D eigenvalue weighted by molar-refractivity contribution is 5.68. The fourth-order valence-corrected chi connectivity index (χ4v) is 2.26. The molecule has 3 N–H and O–H groups in total. The third kappa shape index (κ3) is 7.14. The third-order valence-corrected chi connectivity index (χ3v) is 3.19. The molecule has 0 aliphatic heterocycles. The molecule has 0 bridgehead atoms. The number of nitrogens with two attached hydrogens (primary N) is 1. The van der Waals surface area contributed by atoms with Gasteiger partial charge < -0.3 is 15.8 Å². The lowest BCUT2D eigenvalue weighted by atomic mass is 9.92. The fourth-order valence-electron chi connectivity index (χ4n) is 2.26. The first-order chi connectivity index (χ1) is 9.81. The first-order valence-corrected chi connectivity index (χ1v) is 7.61. The van der Waals surface area contributed by atoms with Gasteiger partial charge >= 0.3 is 6.09 Å². The molecule has 0 aliphatic rings. The van der Waals surface area contributed by atoms with Gasteiger partial charge in [-0.3, -0.25) is 0 Å². The molecular weight excluding hydrogens is 264 g/mol. The number of alkyl carbamates (subject to hydrolysis) is 1. The zero-order valence-electron chi connectivity index (χ0n) is 13.6. The molecule has 0 fully saturated rings. The lowest BCUT2D eigenvalue weighted by Gasteiger charge is -2.27. The van der Waals surface area contributed by atoms with Crippen LogP contribution >= 0.6 is 0 Å². The van der Waals surface area contributed by atoms with Gasteiger partial charge in [-0.15, -0.1) is 0 Å². The Kier molecular flexibility index (Phi) is 6.69. The van der Waals surface area contributed by atoms with E-state index in [2.05, 4.69) is 24.4 Å². The van der Waals surface area contributed by atoms with Crippen molar-refractivity contribution >= 4 is 6.09 Å². The topological polar surface area (TPSA) is 64.3 Å². The predicted octanol–water partition coefficient (Wildman–Crippen LogP) is 3.45. The van der Waals surface area contributed by atoms with Gasteiger partial charge in [0, 0.05) is 0 Å². The van der Waals surface area contributed by atoms with Gasteiger partial charge in [-0.2, -0.15) is 0 Å². The van der Waals surface area contributed by atoms with Crippen molar-refractivity contribution in [3.05, 3.63) is 35.9 Å². The molecular formula is C17H28N2O2. The van der Waals surface area contributed by atoms with Crippen molar-refractivity contribution in [1.29, 1.82) is 0 Å². The molecule has 4 heteroatoms. The average molecular weight is 292 g/mol. The quantitative estimate of drug-likeness (QED) is 0.789. The number of nitrogens with one attached hydrogen (secondary N) is 1. The molecule has 0 saturated carbocycles. The van der Waals surface area contributed by atoms with Crippen molar-refractivity contribution in [3.8, 4) is 0 Å². The van der Waals surface area contributed by atoms with Crippen LogP contribution < -0.4 is 11.1 Å². The van der Waals surface area contributed by atoms with Crippen LogP contribution in [0, 0.1) is 5.92 Å². The second-order valence-corrected chi connectivity index (χ2v) is 6.41. The molecule has 0 aliphatic carbocycles. The Morgan fingerprint density at radius 2 is 1.90 bits per heavy atom. The van der Waals surface area contributed by atoms with Gasteiger partial charge in [0.15, 0.2) is 0 Å². The standard InChI is InChI=1S/C17H28N2O2/c1-5-9-14(12-13-10-7-6-8-11-13)15(18)19-16(20)21-17(2,3)4/h6-8,10-11,14-15H,5,9,12,18H2,1-4H3,(H,19,20). The number of rotatable bonds is 6. The van der Waals surface area contributed by atoms with E-state index in [0.717, 1.165) is 19.3 Å². The minimum Gasteiger partial charge on any atom is -0.444 e. The van der Waals surface area contributed by atoms with E-state index < -0.39 is 17.9 Å². The molecule has 0 heterocycles. The van der Waals surface area contributed by atoms with Gasteiger partial charge in [0.25, 0.3) is 0 Å². The van der Waals surface area contributed by atoms with E-state index in [0.29, 0.717) is 0 Å². The van der Waals surface area contributed by atoms with E-state index in [-0.39, 0.29) is 5.92 Å². The highest BCUT2D eigenvalue weighted by atomic mass is 16.6. The SMILES string of the molecule is CCCC(Cc1ccccc1)C(N)NC(=O)OC(C)(C)C. The monoisotopic (exact) mass is 292 g/mol. The smallest absolute Gasteiger partial charge is 0.408 e. The first-order valence-electron chi connectivity index (χ1n) is 7.61. The summed E-state index contributed by atoms with van der Waals surface area (Å²) in [5, 5.41) is 2.76. The summed E-state index contributed by atoms with van der Waals surface area (Å²) in [5.41, 5.74) is 6.88. The minimum absolute atomic E-state index is 0.199. The Balaban J connectivity index is 2.61. The summed E-state index contributed by atoms with van der Waals surface area (Å²) in [7, 11) is 0. The van der Waals surface area contributed by atoms with Crippen LogP contribution in [-0.4, -0.2) is 17.9 Å². The molecule has 0 spiro atoms. The van der Waals surface area contributed by atoms with Crippen LogP contribution in [0.25, 0.3) is 0 Å². The van der Waals surface area contributed by atoms with Crippen molar-refractivity contribution in [2.75, 3.05) is 0 Å². The summed E-state index contributed by atoms with van der Waals surface area (Å²) in [6, 6.07) is 10.2. The van der Waals surface area contributed by atoms with Crippen molar-refractivity contribution in [2.24, 2.45) is 11.7 Å². The Morgan fingerprint density at radius 3 is 2.43 bits per heavy atom. The van der Waals surface area contributed by atoms with Crippen LogP contribution in [0.5, 0.6) is 0 Å². The lowest BCUT2D eigenvalue weighted by Crippen LogP contribution is -2.49. The molecule has 2 unspecified atom stereocenters. The molecule has 118 valence electrons. The number of carbonyl (C=O) groups excluding carboxylic acids is 1. The van der Waals surface area contributed by atoms with Gasteiger partial charge in [0.2, 0.25) is 0 Å². The van der Waals surface area contributed by atoms with E-state index >= 15 is 0 Å². The maximum Gasteiger partial charge on any atom is 0.408 e. The number of hydrogen-bond donors (Lipinski definition) is 2. The largest absolute Gasteiger partial charge is 0.444 e. The molecule has 1 aromatic carbocycles. The van der Waals surface area contributed by atoms with Crippen LogP contribution in [0.2, 0.25) is 0 Å². The normalized spacial score (nSPS) is 14.3. The summed E-state index contributed by atoms with van der Waals surface area (Å²) >= 11 is 0.